The number of nitrogens with one attached hydrogen (secondary N) is 1. The van der Waals surface area contributed by atoms with E-state index in [2.05, 4.69) is 20.1 Å². The molecule has 164 valence electrons. The number of carbonyl (C=O) groups excluding carboxylic acids is 2. The van der Waals surface area contributed by atoms with Crippen molar-refractivity contribution in [2.45, 2.75) is 39.3 Å². The number of anilines is 1. The van der Waals surface area contributed by atoms with Gasteiger partial charge in [-0.2, -0.15) is 0 Å². The molecule has 2 aliphatic heterocycles. The van der Waals surface area contributed by atoms with Crippen LogP contribution in [0.15, 0.2) is 18.3 Å². The number of morpholine rings is 1. The molecule has 8 nitrogen and oxygen atoms in total. The predicted molar refractivity (Wildman–Crippen MR) is 115 cm³/mol. The summed E-state index contributed by atoms with van der Waals surface area (Å²) in [5.41, 5.74) is 1.21. The number of esters is 1. The van der Waals surface area contributed by atoms with Gasteiger partial charge in [0, 0.05) is 44.0 Å². The van der Waals surface area contributed by atoms with Crippen LogP contribution in [0.5, 0.6) is 0 Å². The van der Waals surface area contributed by atoms with E-state index in [1.165, 1.54) is 6.08 Å². The lowest BCUT2D eigenvalue weighted by Crippen LogP contribution is -2.38. The number of nitrogens with zero attached hydrogens (tertiary/aromatic N) is 3. The highest BCUT2D eigenvalue weighted by molar-refractivity contribution is 5.93. The summed E-state index contributed by atoms with van der Waals surface area (Å²) in [6.45, 7) is 11.9. The first-order valence-electron chi connectivity index (χ1n) is 10.5. The van der Waals surface area contributed by atoms with Crippen LogP contribution < -0.4 is 5.32 Å². The lowest BCUT2D eigenvalue weighted by Gasteiger charge is -2.27. The molecule has 0 spiro atoms. The quantitative estimate of drug-likeness (QED) is 0.560. The largest absolute Gasteiger partial charge is 0.457 e. The Morgan fingerprint density at radius 3 is 2.70 bits per heavy atom. The van der Waals surface area contributed by atoms with Gasteiger partial charge in [0.25, 0.3) is 0 Å². The smallest absolute Gasteiger partial charge is 0.331 e. The average molecular weight is 417 g/mol. The SMILES string of the molecule is CC(C)(C)OC(=O)C=Cc1cnc2c(c1)CN(CCCN1CCOCC1)CC(=O)N2. The van der Waals surface area contributed by atoms with Crippen LogP contribution in [0.25, 0.3) is 6.08 Å². The van der Waals surface area contributed by atoms with Gasteiger partial charge in [0.05, 0.1) is 19.8 Å². The van der Waals surface area contributed by atoms with Crippen LogP contribution in [0, 0.1) is 0 Å². The second-order valence-corrected chi connectivity index (χ2v) is 8.71. The summed E-state index contributed by atoms with van der Waals surface area (Å²) in [6, 6.07) is 1.96. The fourth-order valence-corrected chi connectivity index (χ4v) is 3.53. The summed E-state index contributed by atoms with van der Waals surface area (Å²) < 4.78 is 10.7. The number of rotatable bonds is 6. The van der Waals surface area contributed by atoms with Gasteiger partial charge in [-0.1, -0.05) is 0 Å². The Morgan fingerprint density at radius 1 is 1.23 bits per heavy atom. The minimum atomic E-state index is -0.528. The Bertz CT molecular complexity index is 782. The van der Waals surface area contributed by atoms with Gasteiger partial charge >= 0.3 is 5.97 Å². The molecule has 0 aliphatic carbocycles. The van der Waals surface area contributed by atoms with E-state index < -0.39 is 11.6 Å². The molecule has 1 saturated heterocycles. The van der Waals surface area contributed by atoms with Crippen LogP contribution in [0.4, 0.5) is 5.82 Å². The fraction of sp³-hybridized carbons (Fsp3) is 0.591. The van der Waals surface area contributed by atoms with Crippen molar-refractivity contribution in [1.29, 1.82) is 0 Å². The first kappa shape index (κ1) is 22.4. The number of fused-ring (bicyclic) bond motifs is 1. The zero-order valence-electron chi connectivity index (χ0n) is 18.1. The van der Waals surface area contributed by atoms with Crippen LogP contribution in [0.2, 0.25) is 0 Å². The third-order valence-electron chi connectivity index (χ3n) is 4.88. The minimum absolute atomic E-state index is 0.0512. The molecule has 8 heteroatoms. The monoisotopic (exact) mass is 416 g/mol. The molecule has 30 heavy (non-hydrogen) atoms. The number of amides is 1. The zero-order valence-corrected chi connectivity index (χ0v) is 18.1. The number of aromatic nitrogens is 1. The van der Waals surface area contributed by atoms with Gasteiger partial charge in [-0.25, -0.2) is 9.78 Å². The summed E-state index contributed by atoms with van der Waals surface area (Å²) >= 11 is 0. The van der Waals surface area contributed by atoms with Gasteiger partial charge in [-0.05, 0) is 51.4 Å². The third-order valence-corrected chi connectivity index (χ3v) is 4.88. The van der Waals surface area contributed by atoms with Crippen molar-refractivity contribution in [3.63, 3.8) is 0 Å². The molecule has 1 aromatic rings. The van der Waals surface area contributed by atoms with E-state index in [1.54, 1.807) is 12.3 Å². The van der Waals surface area contributed by atoms with E-state index in [1.807, 2.05) is 26.8 Å². The molecule has 1 fully saturated rings. The first-order chi connectivity index (χ1) is 14.3. The lowest BCUT2D eigenvalue weighted by atomic mass is 10.1. The maximum absolute atomic E-state index is 12.3. The molecule has 0 bridgehead atoms. The van der Waals surface area contributed by atoms with E-state index in [-0.39, 0.29) is 5.91 Å². The highest BCUT2D eigenvalue weighted by Crippen LogP contribution is 2.21. The van der Waals surface area contributed by atoms with E-state index in [9.17, 15) is 9.59 Å². The van der Waals surface area contributed by atoms with E-state index >= 15 is 0 Å². The number of ether oxygens (including phenoxy) is 2. The molecule has 0 radical (unpaired) electrons. The molecule has 0 saturated carbocycles. The number of pyridine rings is 1. The zero-order chi connectivity index (χ0) is 21.6. The Balaban J connectivity index is 1.60. The summed E-state index contributed by atoms with van der Waals surface area (Å²) in [7, 11) is 0. The van der Waals surface area contributed by atoms with Crippen molar-refractivity contribution < 1.29 is 19.1 Å². The number of hydrogen-bond acceptors (Lipinski definition) is 7. The fourth-order valence-electron chi connectivity index (χ4n) is 3.53. The Kier molecular flexibility index (Phi) is 7.58. The average Bonchev–Trinajstić information content (AvgIpc) is 2.83. The minimum Gasteiger partial charge on any atom is -0.457 e. The molecule has 0 atom stereocenters. The Hall–Kier alpha value is -2.29. The normalized spacial score (nSPS) is 18.7. The van der Waals surface area contributed by atoms with Crippen LogP contribution >= 0.6 is 0 Å². The molecule has 3 heterocycles. The number of hydrogen-bond donors (Lipinski definition) is 1. The molecule has 1 N–H and O–H groups in total. The third kappa shape index (κ3) is 7.19. The maximum atomic E-state index is 12.3. The highest BCUT2D eigenvalue weighted by Gasteiger charge is 2.21. The van der Waals surface area contributed by atoms with Crippen LogP contribution in [-0.4, -0.2) is 78.2 Å². The van der Waals surface area contributed by atoms with Crippen LogP contribution in [0.1, 0.15) is 38.3 Å². The van der Waals surface area contributed by atoms with Gasteiger partial charge in [-0.15, -0.1) is 0 Å². The Labute approximate surface area is 178 Å². The summed E-state index contributed by atoms with van der Waals surface area (Å²) in [5.74, 6) is 0.144. The van der Waals surface area contributed by atoms with Crippen molar-refractivity contribution >= 4 is 23.8 Å². The summed E-state index contributed by atoms with van der Waals surface area (Å²) in [6.07, 6.45) is 5.74. The van der Waals surface area contributed by atoms with Gasteiger partial charge in [0.1, 0.15) is 11.4 Å². The lowest BCUT2D eigenvalue weighted by molar-refractivity contribution is -0.148. The van der Waals surface area contributed by atoms with Crippen molar-refractivity contribution in [2.75, 3.05) is 51.3 Å². The number of carbonyl (C=O) groups is 2. The van der Waals surface area contributed by atoms with Gasteiger partial charge in [0.2, 0.25) is 5.91 Å². The maximum Gasteiger partial charge on any atom is 0.331 e. The second-order valence-electron chi connectivity index (χ2n) is 8.71. The topological polar surface area (TPSA) is 84.0 Å². The van der Waals surface area contributed by atoms with Crippen LogP contribution in [0.3, 0.4) is 0 Å². The summed E-state index contributed by atoms with van der Waals surface area (Å²) in [5, 5.41) is 2.88. The molecule has 0 aromatic carbocycles. The predicted octanol–water partition coefficient (Wildman–Crippen LogP) is 1.91. The molecule has 3 rings (SSSR count). The van der Waals surface area contributed by atoms with Crippen molar-refractivity contribution in [2.24, 2.45) is 0 Å². The standard InChI is InChI=1S/C22H32N4O4/c1-22(2,3)30-20(28)6-5-17-13-18-15-26(16-19(27)24-21(18)23-14-17)8-4-7-25-9-11-29-12-10-25/h5-6,13-14H,4,7-12,15-16H2,1-3H3,(H,23,24,27). The Morgan fingerprint density at radius 2 is 1.97 bits per heavy atom. The van der Waals surface area contributed by atoms with Gasteiger partial charge < -0.3 is 14.8 Å². The van der Waals surface area contributed by atoms with Crippen molar-refractivity contribution in [3.8, 4) is 0 Å². The summed E-state index contributed by atoms with van der Waals surface area (Å²) in [4.78, 5) is 33.1. The van der Waals surface area contributed by atoms with Crippen molar-refractivity contribution in [1.82, 2.24) is 14.8 Å². The molecule has 0 unspecified atom stereocenters. The van der Waals surface area contributed by atoms with Crippen LogP contribution in [-0.2, 0) is 25.6 Å². The molecular weight excluding hydrogens is 384 g/mol. The molecule has 2 aliphatic rings. The van der Waals surface area contributed by atoms with Gasteiger partial charge in [0.15, 0.2) is 0 Å². The van der Waals surface area contributed by atoms with Crippen molar-refractivity contribution in [3.05, 3.63) is 29.5 Å². The molecular formula is C22H32N4O4. The highest BCUT2D eigenvalue weighted by atomic mass is 16.6. The van der Waals surface area contributed by atoms with E-state index in [0.29, 0.717) is 18.9 Å². The van der Waals surface area contributed by atoms with E-state index in [0.717, 1.165) is 56.9 Å². The first-order valence-corrected chi connectivity index (χ1v) is 10.5. The van der Waals surface area contributed by atoms with Gasteiger partial charge in [-0.3, -0.25) is 14.6 Å². The molecule has 1 aromatic heterocycles. The second kappa shape index (κ2) is 10.1. The van der Waals surface area contributed by atoms with E-state index in [4.69, 9.17) is 9.47 Å². The molecule has 1 amide bonds.